The molecule has 0 saturated heterocycles. The predicted octanol–water partition coefficient (Wildman–Crippen LogP) is 0.588. The van der Waals surface area contributed by atoms with Gasteiger partial charge in [0.2, 0.25) is 0 Å². The minimum atomic E-state index is -1.84. The van der Waals surface area contributed by atoms with Gasteiger partial charge >= 0.3 is 7.32 Å². The van der Waals surface area contributed by atoms with Crippen LogP contribution in [0.4, 0.5) is 0 Å². The van der Waals surface area contributed by atoms with Crippen molar-refractivity contribution >= 4 is 15.6 Å². The van der Waals surface area contributed by atoms with E-state index in [1.54, 1.807) is 0 Å². The first-order chi connectivity index (χ1) is 4.36. The van der Waals surface area contributed by atoms with E-state index in [0.29, 0.717) is 5.54 Å². The van der Waals surface area contributed by atoms with Crippen molar-refractivity contribution in [1.82, 2.24) is 0 Å². The molecule has 0 radical (unpaired) electrons. The van der Waals surface area contributed by atoms with Crippen molar-refractivity contribution in [2.24, 2.45) is 0 Å². The highest BCUT2D eigenvalue weighted by Gasteiger charge is 2.31. The van der Waals surface area contributed by atoms with Crippen molar-refractivity contribution in [2.45, 2.75) is 32.5 Å². The van der Waals surface area contributed by atoms with Crippen LogP contribution in [0, 0.1) is 0 Å². The Kier molecular flexibility index (Phi) is 3.58. The molecule has 0 amide bonds. The summed E-state index contributed by atoms with van der Waals surface area (Å²) in [6.07, 6.45) is 0. The fourth-order valence-corrected chi connectivity index (χ4v) is 1.22. The van der Waals surface area contributed by atoms with Gasteiger partial charge in [0.1, 0.15) is 0 Å². The van der Waals surface area contributed by atoms with Crippen LogP contribution in [-0.4, -0.2) is 25.7 Å². The molecule has 0 saturated carbocycles. The van der Waals surface area contributed by atoms with E-state index in [2.05, 4.69) is 0 Å². The molecule has 0 fully saturated rings. The van der Waals surface area contributed by atoms with E-state index in [0.717, 1.165) is 0 Å². The summed E-state index contributed by atoms with van der Waals surface area (Å²) in [6.45, 7) is 7.96. The molecule has 0 spiro atoms. The third kappa shape index (κ3) is 3.36. The van der Waals surface area contributed by atoms with Crippen LogP contribution >= 0.6 is 0 Å². The van der Waals surface area contributed by atoms with Crippen LogP contribution in [0.5, 0.6) is 0 Å². The lowest BCUT2D eigenvalue weighted by Gasteiger charge is -2.26. The van der Waals surface area contributed by atoms with Crippen LogP contribution in [0.25, 0.3) is 0 Å². The Morgan fingerprint density at radius 3 is 1.80 bits per heavy atom. The summed E-state index contributed by atoms with van der Waals surface area (Å²) in [7, 11) is -3.45. The van der Waals surface area contributed by atoms with E-state index in [9.17, 15) is 0 Å². The topological polar surface area (TPSA) is 49.7 Å². The number of hydrogen-bond donors (Lipinski definition) is 2. The number of hydrogen-bond acceptors (Lipinski definition) is 3. The van der Waals surface area contributed by atoms with Gasteiger partial charge in [-0.1, -0.05) is 13.8 Å². The fraction of sp³-hybridized carbons (Fsp3) is 1.00. The highest BCUT2D eigenvalue weighted by atomic mass is 28.4. The zero-order valence-corrected chi connectivity index (χ0v) is 7.96. The fourth-order valence-electron chi connectivity index (χ4n) is 0.408. The van der Waals surface area contributed by atoms with Gasteiger partial charge in [0.05, 0.1) is 0 Å². The molecule has 0 heterocycles. The van der Waals surface area contributed by atoms with Gasteiger partial charge < -0.3 is 14.4 Å². The normalized spacial score (nSPS) is 12.3. The Labute approximate surface area is 63.3 Å². The average molecular weight is 162 g/mol. The molecular formula is C5H15BO3Si. The van der Waals surface area contributed by atoms with E-state index in [-0.39, 0.29) is 0 Å². The van der Waals surface area contributed by atoms with Crippen molar-refractivity contribution in [3.8, 4) is 0 Å². The van der Waals surface area contributed by atoms with Crippen LogP contribution < -0.4 is 0 Å². The standard InChI is InChI=1S/C5H15BO3Si/c1-5(2)10(3,4)9-6(7)8/h5,7-8H,1-4H3. The zero-order valence-electron chi connectivity index (χ0n) is 6.96. The van der Waals surface area contributed by atoms with Crippen molar-refractivity contribution in [2.75, 3.05) is 0 Å². The first-order valence-electron chi connectivity index (χ1n) is 3.40. The molecule has 0 aromatic carbocycles. The lowest BCUT2D eigenvalue weighted by molar-refractivity contribution is 0.281. The molecule has 60 valence electrons. The van der Waals surface area contributed by atoms with Gasteiger partial charge in [0.15, 0.2) is 8.32 Å². The molecule has 0 rings (SSSR count). The Balaban J connectivity index is 3.87. The second kappa shape index (κ2) is 3.52. The van der Waals surface area contributed by atoms with Gasteiger partial charge in [0.25, 0.3) is 0 Å². The van der Waals surface area contributed by atoms with Crippen molar-refractivity contribution in [1.29, 1.82) is 0 Å². The SMILES string of the molecule is CC(C)[Si](C)(C)OB(O)O. The van der Waals surface area contributed by atoms with E-state index >= 15 is 0 Å². The summed E-state index contributed by atoms with van der Waals surface area (Å²) in [5.74, 6) is 0. The summed E-state index contributed by atoms with van der Waals surface area (Å²) in [4.78, 5) is 0. The monoisotopic (exact) mass is 162 g/mol. The Morgan fingerprint density at radius 2 is 1.70 bits per heavy atom. The smallest absolute Gasteiger partial charge is 0.428 e. The molecule has 0 aromatic heterocycles. The van der Waals surface area contributed by atoms with Gasteiger partial charge in [-0.05, 0) is 18.6 Å². The summed E-state index contributed by atoms with van der Waals surface area (Å²) in [5.41, 5.74) is 0.397. The molecule has 5 heteroatoms. The van der Waals surface area contributed by atoms with Crippen molar-refractivity contribution in [3.05, 3.63) is 0 Å². The maximum absolute atomic E-state index is 8.50. The number of rotatable bonds is 3. The molecule has 3 nitrogen and oxygen atoms in total. The zero-order chi connectivity index (χ0) is 8.36. The molecular weight excluding hydrogens is 147 g/mol. The summed E-state index contributed by atoms with van der Waals surface area (Å²) in [5, 5.41) is 17.0. The van der Waals surface area contributed by atoms with Gasteiger partial charge in [-0.15, -0.1) is 0 Å². The van der Waals surface area contributed by atoms with Crippen LogP contribution in [0.1, 0.15) is 13.8 Å². The molecule has 2 N–H and O–H groups in total. The van der Waals surface area contributed by atoms with E-state index in [4.69, 9.17) is 14.4 Å². The van der Waals surface area contributed by atoms with Gasteiger partial charge in [0, 0.05) is 0 Å². The Bertz CT molecular complexity index is 105. The summed E-state index contributed by atoms with van der Waals surface area (Å²) < 4.78 is 4.95. The molecule has 0 aliphatic heterocycles. The first kappa shape index (κ1) is 10.2. The van der Waals surface area contributed by atoms with E-state index in [1.165, 1.54) is 0 Å². The summed E-state index contributed by atoms with van der Waals surface area (Å²) >= 11 is 0. The van der Waals surface area contributed by atoms with Gasteiger partial charge in [-0.3, -0.25) is 0 Å². The second-order valence-electron chi connectivity index (χ2n) is 3.20. The largest absolute Gasteiger partial charge is 0.622 e. The molecule has 0 bridgehead atoms. The highest BCUT2D eigenvalue weighted by Crippen LogP contribution is 2.20. The van der Waals surface area contributed by atoms with Crippen molar-refractivity contribution in [3.63, 3.8) is 0 Å². The predicted molar refractivity (Wildman–Crippen MR) is 43.9 cm³/mol. The lowest BCUT2D eigenvalue weighted by Crippen LogP contribution is -2.40. The third-order valence-electron chi connectivity index (χ3n) is 1.80. The highest BCUT2D eigenvalue weighted by molar-refractivity contribution is 6.76. The molecule has 0 unspecified atom stereocenters. The second-order valence-corrected chi connectivity index (χ2v) is 7.80. The molecule has 0 aliphatic carbocycles. The van der Waals surface area contributed by atoms with Gasteiger partial charge in [-0.2, -0.15) is 0 Å². The Morgan fingerprint density at radius 1 is 1.30 bits per heavy atom. The first-order valence-corrected chi connectivity index (χ1v) is 6.39. The maximum atomic E-state index is 8.50. The van der Waals surface area contributed by atoms with Crippen molar-refractivity contribution < 1.29 is 14.4 Å². The van der Waals surface area contributed by atoms with E-state index in [1.807, 2.05) is 26.9 Å². The average Bonchev–Trinajstić information content (AvgIpc) is 1.60. The molecule has 0 aliphatic rings. The van der Waals surface area contributed by atoms with Crippen LogP contribution in [0.15, 0.2) is 0 Å². The van der Waals surface area contributed by atoms with Crippen LogP contribution in [-0.2, 0) is 4.34 Å². The van der Waals surface area contributed by atoms with Gasteiger partial charge in [-0.25, -0.2) is 0 Å². The van der Waals surface area contributed by atoms with Crippen LogP contribution in [0.2, 0.25) is 18.6 Å². The minimum Gasteiger partial charge on any atom is -0.428 e. The Hall–Kier alpha value is 0.162. The molecule has 0 aromatic rings. The molecule has 10 heavy (non-hydrogen) atoms. The molecule has 0 atom stereocenters. The van der Waals surface area contributed by atoms with E-state index < -0.39 is 15.6 Å². The van der Waals surface area contributed by atoms with Crippen LogP contribution in [0.3, 0.4) is 0 Å². The lowest BCUT2D eigenvalue weighted by atomic mass is 10.3. The quantitative estimate of drug-likeness (QED) is 0.597. The summed E-state index contributed by atoms with van der Waals surface area (Å²) in [6, 6.07) is 0. The maximum Gasteiger partial charge on any atom is 0.622 e. The minimum absolute atomic E-state index is 0.397. The third-order valence-corrected chi connectivity index (χ3v) is 5.40.